The van der Waals surface area contributed by atoms with E-state index in [1.807, 2.05) is 0 Å². The summed E-state index contributed by atoms with van der Waals surface area (Å²) in [5.74, 6) is -1.20. The van der Waals surface area contributed by atoms with Gasteiger partial charge in [-0.05, 0) is 54.3 Å². The molecule has 1 atom stereocenters. The molecule has 2 N–H and O–H groups in total. The Labute approximate surface area is 188 Å². The van der Waals surface area contributed by atoms with E-state index in [-0.39, 0.29) is 17.0 Å². The highest BCUT2D eigenvalue weighted by atomic mass is 19.4. The third kappa shape index (κ3) is 4.02. The van der Waals surface area contributed by atoms with Gasteiger partial charge in [-0.25, -0.2) is 4.79 Å². The number of benzene rings is 2. The number of likely N-dealkylation sites (tertiary alicyclic amines) is 1. The van der Waals surface area contributed by atoms with E-state index in [9.17, 15) is 33.0 Å². The number of aromatic carboxylic acids is 1. The average molecular weight is 460 g/mol. The summed E-state index contributed by atoms with van der Waals surface area (Å²) in [6, 6.07) is 9.77. The second-order valence-electron chi connectivity index (χ2n) is 8.38. The van der Waals surface area contributed by atoms with Crippen LogP contribution in [0, 0.1) is 0 Å². The molecule has 1 saturated heterocycles. The summed E-state index contributed by atoms with van der Waals surface area (Å²) in [5, 5.41) is 19.9. The molecule has 6 nitrogen and oxygen atoms in total. The fourth-order valence-corrected chi connectivity index (χ4v) is 4.76. The number of likely N-dealkylation sites (N-methyl/N-ethyl adjacent to an activating group) is 1. The molecule has 0 saturated carbocycles. The number of carbonyl (C=O) groups is 2. The standard InChI is InChI=1S/C24H23F3N2O4/c1-28-19-8-6-16(21(31)32)14-18(19)23(22(28)33)10-12-29(13-11-23)20(30)9-7-15-4-2-3-5-17(15)24(25,26)27/h2-9,14,20,30H,10-13H2,1H3,(H,31,32)/b9-7+. The minimum Gasteiger partial charge on any atom is -0.478 e. The highest BCUT2D eigenvalue weighted by Gasteiger charge is 2.51. The normalized spacial score (nSPS) is 19.3. The van der Waals surface area contributed by atoms with Crippen molar-refractivity contribution in [1.29, 1.82) is 0 Å². The Bertz CT molecular complexity index is 1120. The smallest absolute Gasteiger partial charge is 0.416 e. The molecule has 0 radical (unpaired) electrons. The SMILES string of the molecule is CN1C(=O)C2(CCN(C(O)/C=C/c3ccccc3C(F)(F)F)CC2)c2cc(C(=O)O)ccc21. The number of carboxylic acid groups (broad SMARTS) is 1. The van der Waals surface area contributed by atoms with Crippen molar-refractivity contribution in [3.05, 3.63) is 70.8 Å². The van der Waals surface area contributed by atoms with Crippen LogP contribution >= 0.6 is 0 Å². The summed E-state index contributed by atoms with van der Waals surface area (Å²) in [6.45, 7) is 0.644. The maximum Gasteiger partial charge on any atom is 0.416 e. The number of carboxylic acids is 1. The predicted octanol–water partition coefficient (Wildman–Crippen LogP) is 3.75. The molecule has 0 aliphatic carbocycles. The van der Waals surface area contributed by atoms with Gasteiger partial charge >= 0.3 is 12.1 Å². The average Bonchev–Trinajstić information content (AvgIpc) is 2.99. The zero-order valence-corrected chi connectivity index (χ0v) is 17.8. The molecule has 1 amide bonds. The van der Waals surface area contributed by atoms with Gasteiger partial charge in [0.1, 0.15) is 6.23 Å². The van der Waals surface area contributed by atoms with Gasteiger partial charge in [-0.1, -0.05) is 24.3 Å². The van der Waals surface area contributed by atoms with Crippen molar-refractivity contribution in [1.82, 2.24) is 4.90 Å². The van der Waals surface area contributed by atoms with Gasteiger partial charge in [0.2, 0.25) is 5.91 Å². The summed E-state index contributed by atoms with van der Waals surface area (Å²) in [5.41, 5.74) is -0.263. The van der Waals surface area contributed by atoms with Gasteiger partial charge in [0.05, 0.1) is 16.5 Å². The van der Waals surface area contributed by atoms with E-state index in [1.54, 1.807) is 24.1 Å². The molecular formula is C24H23F3N2O4. The van der Waals surface area contributed by atoms with Gasteiger partial charge in [-0.2, -0.15) is 13.2 Å². The van der Waals surface area contributed by atoms with E-state index in [0.29, 0.717) is 37.2 Å². The summed E-state index contributed by atoms with van der Waals surface area (Å²) in [6.07, 6.45) is -2.35. The number of alkyl halides is 3. The zero-order chi connectivity index (χ0) is 24.0. The lowest BCUT2D eigenvalue weighted by Gasteiger charge is -2.39. The van der Waals surface area contributed by atoms with Crippen LogP contribution in [0.25, 0.3) is 6.08 Å². The minimum atomic E-state index is -4.50. The first-order valence-electron chi connectivity index (χ1n) is 10.5. The molecule has 1 unspecified atom stereocenters. The van der Waals surface area contributed by atoms with Crippen LogP contribution in [0.5, 0.6) is 0 Å². The number of halogens is 3. The lowest BCUT2D eigenvalue weighted by atomic mass is 9.73. The fraction of sp³-hybridized carbons (Fsp3) is 0.333. The van der Waals surface area contributed by atoms with E-state index < -0.39 is 29.4 Å². The Kier molecular flexibility index (Phi) is 5.79. The molecule has 174 valence electrons. The predicted molar refractivity (Wildman–Crippen MR) is 116 cm³/mol. The van der Waals surface area contributed by atoms with Crippen LogP contribution in [0.4, 0.5) is 18.9 Å². The molecule has 1 fully saturated rings. The maximum absolute atomic E-state index is 13.2. The highest BCUT2D eigenvalue weighted by molar-refractivity contribution is 6.08. The van der Waals surface area contributed by atoms with Gasteiger partial charge in [0.15, 0.2) is 0 Å². The van der Waals surface area contributed by atoms with E-state index in [2.05, 4.69) is 0 Å². The zero-order valence-electron chi connectivity index (χ0n) is 17.8. The first kappa shape index (κ1) is 23.0. The summed E-state index contributed by atoms with van der Waals surface area (Å²) in [4.78, 5) is 27.8. The van der Waals surface area contributed by atoms with Crippen LogP contribution in [0.2, 0.25) is 0 Å². The van der Waals surface area contributed by atoms with Gasteiger partial charge in [-0.15, -0.1) is 0 Å². The molecule has 0 bridgehead atoms. The molecule has 9 heteroatoms. The molecule has 1 spiro atoms. The van der Waals surface area contributed by atoms with Crippen molar-refractivity contribution in [3.63, 3.8) is 0 Å². The molecule has 2 heterocycles. The van der Waals surface area contributed by atoms with Crippen molar-refractivity contribution in [2.75, 3.05) is 25.0 Å². The maximum atomic E-state index is 13.2. The number of nitrogens with zero attached hydrogens (tertiary/aromatic N) is 2. The van der Waals surface area contributed by atoms with Crippen LogP contribution in [0.1, 0.15) is 39.9 Å². The molecule has 0 aromatic heterocycles. The summed E-state index contributed by atoms with van der Waals surface area (Å²) < 4.78 is 39.6. The molecule has 2 aromatic carbocycles. The Morgan fingerprint density at radius 3 is 2.45 bits per heavy atom. The van der Waals surface area contributed by atoms with Crippen LogP contribution in [0.15, 0.2) is 48.5 Å². The van der Waals surface area contributed by atoms with Crippen LogP contribution in [-0.2, 0) is 16.4 Å². The van der Waals surface area contributed by atoms with Crippen molar-refractivity contribution < 1.29 is 33.0 Å². The fourth-order valence-electron chi connectivity index (χ4n) is 4.76. The van der Waals surface area contributed by atoms with Gasteiger partial charge < -0.3 is 15.1 Å². The summed E-state index contributed by atoms with van der Waals surface area (Å²) >= 11 is 0. The van der Waals surface area contributed by atoms with Crippen molar-refractivity contribution in [2.45, 2.75) is 30.7 Å². The largest absolute Gasteiger partial charge is 0.478 e. The molecule has 33 heavy (non-hydrogen) atoms. The Morgan fingerprint density at radius 1 is 1.15 bits per heavy atom. The van der Waals surface area contributed by atoms with Crippen molar-refractivity contribution >= 4 is 23.6 Å². The topological polar surface area (TPSA) is 81.1 Å². The number of amides is 1. The van der Waals surface area contributed by atoms with Gasteiger partial charge in [-0.3, -0.25) is 9.69 Å². The Hall–Kier alpha value is -3.17. The minimum absolute atomic E-state index is 0.0414. The second kappa shape index (κ2) is 8.31. The van der Waals surface area contributed by atoms with Crippen LogP contribution in [-0.4, -0.2) is 53.4 Å². The third-order valence-corrected chi connectivity index (χ3v) is 6.57. The van der Waals surface area contributed by atoms with Crippen LogP contribution < -0.4 is 4.90 Å². The second-order valence-corrected chi connectivity index (χ2v) is 8.38. The monoisotopic (exact) mass is 460 g/mol. The number of aliphatic hydroxyl groups is 1. The van der Waals surface area contributed by atoms with Crippen molar-refractivity contribution in [3.8, 4) is 0 Å². The number of hydrogen-bond acceptors (Lipinski definition) is 4. The molecule has 2 aliphatic heterocycles. The van der Waals surface area contributed by atoms with Crippen molar-refractivity contribution in [2.24, 2.45) is 0 Å². The van der Waals surface area contributed by atoms with Gasteiger partial charge in [0.25, 0.3) is 0 Å². The number of carbonyl (C=O) groups excluding carboxylic acids is 1. The molecule has 2 aromatic rings. The number of aliphatic hydroxyl groups excluding tert-OH is 1. The Balaban J connectivity index is 1.52. The lowest BCUT2D eigenvalue weighted by molar-refractivity contribution is -0.137. The van der Waals surface area contributed by atoms with Crippen LogP contribution in [0.3, 0.4) is 0 Å². The first-order chi connectivity index (χ1) is 15.5. The number of hydrogen-bond donors (Lipinski definition) is 2. The van der Waals surface area contributed by atoms with E-state index in [1.165, 1.54) is 41.3 Å². The van der Waals surface area contributed by atoms with Gasteiger partial charge in [0, 0.05) is 25.8 Å². The lowest BCUT2D eigenvalue weighted by Crippen LogP contribution is -2.50. The molecule has 2 aliphatic rings. The molecule has 4 rings (SSSR count). The third-order valence-electron chi connectivity index (χ3n) is 6.57. The number of anilines is 1. The van der Waals surface area contributed by atoms with E-state index >= 15 is 0 Å². The first-order valence-corrected chi connectivity index (χ1v) is 10.5. The van der Waals surface area contributed by atoms with E-state index in [4.69, 9.17) is 0 Å². The number of fused-ring (bicyclic) bond motifs is 2. The molecular weight excluding hydrogens is 437 g/mol. The van der Waals surface area contributed by atoms with E-state index in [0.717, 1.165) is 6.07 Å². The number of rotatable bonds is 4. The number of piperidine rings is 1. The highest BCUT2D eigenvalue weighted by Crippen LogP contribution is 2.48. The Morgan fingerprint density at radius 2 is 1.82 bits per heavy atom. The summed E-state index contributed by atoms with van der Waals surface area (Å²) in [7, 11) is 1.65. The quantitative estimate of drug-likeness (QED) is 0.727.